The number of benzene rings is 3. The smallest absolute Gasteiger partial charge is 0.338 e. The van der Waals surface area contributed by atoms with Crippen molar-refractivity contribution in [3.8, 4) is 17.2 Å². The number of aromatic hydroxyl groups is 3. The number of phenols is 3. The Kier molecular flexibility index (Phi) is 7.98. The monoisotopic (exact) mass is 507 g/mol. The van der Waals surface area contributed by atoms with Gasteiger partial charge in [0.15, 0.2) is 0 Å². The Morgan fingerprint density at radius 1 is 1.03 bits per heavy atom. The lowest BCUT2D eigenvalue weighted by atomic mass is 10.0. The number of rotatable bonds is 10. The van der Waals surface area contributed by atoms with Crippen molar-refractivity contribution < 1.29 is 34.3 Å². The molecule has 0 fully saturated rings. The summed E-state index contributed by atoms with van der Waals surface area (Å²) in [5, 5.41) is 42.5. The van der Waals surface area contributed by atoms with E-state index in [9.17, 15) is 29.6 Å². The SMILES string of the molecule is CCCCc1cc(O)c(Cn2cc(C[C@H](O)COC(=O)c3ccc(F)cc3)c3cc(O)ccc32)c(O)c1. The number of phenolic OH excluding ortho intramolecular Hbond substituents is 3. The summed E-state index contributed by atoms with van der Waals surface area (Å²) < 4.78 is 20.1. The van der Waals surface area contributed by atoms with Crippen LogP contribution in [0.3, 0.4) is 0 Å². The van der Waals surface area contributed by atoms with Gasteiger partial charge in [0.05, 0.1) is 23.8 Å². The van der Waals surface area contributed by atoms with Gasteiger partial charge in [0.25, 0.3) is 0 Å². The molecule has 4 rings (SSSR count). The number of carbonyl (C=O) groups is 1. The number of nitrogens with zero attached hydrogens (tertiary/aromatic N) is 1. The number of aliphatic hydroxyl groups excluding tert-OH is 1. The quantitative estimate of drug-likeness (QED) is 0.224. The van der Waals surface area contributed by atoms with E-state index in [1.807, 2.05) is 4.57 Å². The summed E-state index contributed by atoms with van der Waals surface area (Å²) in [6, 6.07) is 13.1. The molecule has 0 aliphatic rings. The second-order valence-electron chi connectivity index (χ2n) is 9.16. The molecular weight excluding hydrogens is 477 g/mol. The van der Waals surface area contributed by atoms with Gasteiger partial charge in [-0.1, -0.05) is 13.3 Å². The molecule has 0 aliphatic carbocycles. The number of carbonyl (C=O) groups excluding carboxylic acids is 1. The number of hydrogen-bond acceptors (Lipinski definition) is 6. The summed E-state index contributed by atoms with van der Waals surface area (Å²) in [5.41, 5.74) is 2.83. The fourth-order valence-electron chi connectivity index (χ4n) is 4.36. The summed E-state index contributed by atoms with van der Waals surface area (Å²) >= 11 is 0. The number of aromatic nitrogens is 1. The summed E-state index contributed by atoms with van der Waals surface area (Å²) in [5.74, 6) is -1.09. The Morgan fingerprint density at radius 2 is 1.73 bits per heavy atom. The van der Waals surface area contributed by atoms with Gasteiger partial charge in [-0.15, -0.1) is 0 Å². The normalized spacial score (nSPS) is 12.1. The van der Waals surface area contributed by atoms with E-state index < -0.39 is 17.9 Å². The Morgan fingerprint density at radius 3 is 2.41 bits per heavy atom. The van der Waals surface area contributed by atoms with Crippen molar-refractivity contribution in [1.82, 2.24) is 4.57 Å². The van der Waals surface area contributed by atoms with Crippen molar-refractivity contribution in [2.24, 2.45) is 0 Å². The second kappa shape index (κ2) is 11.3. The lowest BCUT2D eigenvalue weighted by Crippen LogP contribution is -2.21. The molecule has 1 atom stereocenters. The van der Waals surface area contributed by atoms with Gasteiger partial charge < -0.3 is 29.7 Å². The molecule has 37 heavy (non-hydrogen) atoms. The van der Waals surface area contributed by atoms with E-state index in [0.29, 0.717) is 16.5 Å². The first kappa shape index (κ1) is 26.0. The first-order chi connectivity index (χ1) is 17.7. The van der Waals surface area contributed by atoms with Crippen LogP contribution >= 0.6 is 0 Å². The van der Waals surface area contributed by atoms with Crippen LogP contribution in [0.25, 0.3) is 10.9 Å². The number of unbranched alkanes of at least 4 members (excludes halogenated alkanes) is 1. The van der Waals surface area contributed by atoms with Crippen molar-refractivity contribution in [1.29, 1.82) is 0 Å². The Bertz CT molecular complexity index is 1370. The first-order valence-electron chi connectivity index (χ1n) is 12.2. The highest BCUT2D eigenvalue weighted by molar-refractivity contribution is 5.89. The van der Waals surface area contributed by atoms with Gasteiger partial charge in [0.1, 0.15) is 29.7 Å². The molecule has 8 heteroatoms. The lowest BCUT2D eigenvalue weighted by Gasteiger charge is -2.12. The van der Waals surface area contributed by atoms with E-state index in [1.165, 1.54) is 18.2 Å². The van der Waals surface area contributed by atoms with E-state index in [4.69, 9.17) is 4.74 Å². The van der Waals surface area contributed by atoms with Gasteiger partial charge in [-0.2, -0.15) is 0 Å². The minimum atomic E-state index is -1.04. The van der Waals surface area contributed by atoms with E-state index in [2.05, 4.69) is 6.92 Å². The molecule has 4 aromatic rings. The zero-order valence-corrected chi connectivity index (χ0v) is 20.5. The summed E-state index contributed by atoms with van der Waals surface area (Å²) in [7, 11) is 0. The molecule has 4 N–H and O–H groups in total. The fraction of sp³-hybridized carbons (Fsp3) is 0.276. The number of halogens is 1. The maximum atomic E-state index is 13.1. The van der Waals surface area contributed by atoms with Gasteiger partial charge in [-0.25, -0.2) is 9.18 Å². The van der Waals surface area contributed by atoms with Crippen LogP contribution in [0, 0.1) is 5.82 Å². The minimum Gasteiger partial charge on any atom is -0.508 e. The van der Waals surface area contributed by atoms with E-state index in [1.54, 1.807) is 30.5 Å². The molecule has 0 radical (unpaired) electrons. The lowest BCUT2D eigenvalue weighted by molar-refractivity contribution is 0.0259. The molecule has 0 unspecified atom stereocenters. The van der Waals surface area contributed by atoms with Crippen molar-refractivity contribution in [2.75, 3.05) is 6.61 Å². The number of ether oxygens (including phenoxy) is 1. The highest BCUT2D eigenvalue weighted by Crippen LogP contribution is 2.33. The number of aliphatic hydroxyl groups is 1. The summed E-state index contributed by atoms with van der Waals surface area (Å²) in [4.78, 5) is 12.2. The largest absolute Gasteiger partial charge is 0.508 e. The highest BCUT2D eigenvalue weighted by Gasteiger charge is 2.18. The van der Waals surface area contributed by atoms with Crippen LogP contribution in [0.4, 0.5) is 4.39 Å². The minimum absolute atomic E-state index is 0.000946. The van der Waals surface area contributed by atoms with E-state index in [0.717, 1.165) is 42.5 Å². The van der Waals surface area contributed by atoms with Gasteiger partial charge in [0.2, 0.25) is 0 Å². The summed E-state index contributed by atoms with van der Waals surface area (Å²) in [6.45, 7) is 1.97. The molecular formula is C29H30FNO6. The van der Waals surface area contributed by atoms with Crippen LogP contribution in [-0.2, 0) is 24.1 Å². The molecule has 0 aliphatic heterocycles. The zero-order valence-electron chi connectivity index (χ0n) is 20.5. The molecule has 0 bridgehead atoms. The Labute approximate surface area is 214 Å². The van der Waals surface area contributed by atoms with E-state index >= 15 is 0 Å². The predicted molar refractivity (Wildman–Crippen MR) is 137 cm³/mol. The molecule has 0 saturated carbocycles. The standard InChI is InChI=1S/C29H30FNO6/c1-2-3-4-18-11-27(34)25(28(35)12-18)16-31-15-20(24-14-22(32)9-10-26(24)31)13-23(33)17-37-29(36)19-5-7-21(30)8-6-19/h5-12,14-15,23,32-35H,2-4,13,16-17H2,1H3/t23-/m0/s1. The Hall–Kier alpha value is -4.04. The maximum Gasteiger partial charge on any atom is 0.338 e. The Balaban J connectivity index is 1.52. The number of aryl methyl sites for hydroxylation is 1. The molecule has 0 saturated heterocycles. The van der Waals surface area contributed by atoms with Crippen molar-refractivity contribution in [3.05, 3.63) is 88.9 Å². The predicted octanol–water partition coefficient (Wildman–Crippen LogP) is 5.05. The van der Waals surface area contributed by atoms with Crippen LogP contribution in [0.5, 0.6) is 17.2 Å². The third-order valence-electron chi connectivity index (χ3n) is 6.30. The van der Waals surface area contributed by atoms with Crippen molar-refractivity contribution in [2.45, 2.75) is 45.3 Å². The average molecular weight is 508 g/mol. The number of fused-ring (bicyclic) bond motifs is 1. The average Bonchev–Trinajstić information content (AvgIpc) is 3.19. The van der Waals surface area contributed by atoms with Crippen LogP contribution < -0.4 is 0 Å². The topological polar surface area (TPSA) is 112 Å². The molecule has 1 aromatic heterocycles. The molecule has 3 aromatic carbocycles. The van der Waals surface area contributed by atoms with Crippen LogP contribution in [0.15, 0.2) is 60.8 Å². The third-order valence-corrected chi connectivity index (χ3v) is 6.30. The molecule has 0 spiro atoms. The first-order valence-corrected chi connectivity index (χ1v) is 12.2. The van der Waals surface area contributed by atoms with Crippen LogP contribution in [0.1, 0.15) is 46.8 Å². The van der Waals surface area contributed by atoms with Crippen molar-refractivity contribution in [3.63, 3.8) is 0 Å². The molecule has 0 amide bonds. The van der Waals surface area contributed by atoms with Crippen molar-refractivity contribution >= 4 is 16.9 Å². The number of hydrogen-bond donors (Lipinski definition) is 4. The van der Waals surface area contributed by atoms with Gasteiger partial charge in [-0.05, 0) is 78.6 Å². The molecule has 7 nitrogen and oxygen atoms in total. The zero-order chi connectivity index (χ0) is 26.5. The second-order valence-corrected chi connectivity index (χ2v) is 9.16. The van der Waals surface area contributed by atoms with Gasteiger partial charge in [0, 0.05) is 23.5 Å². The van der Waals surface area contributed by atoms with Gasteiger partial charge in [-0.3, -0.25) is 0 Å². The molecule has 1 heterocycles. The fourth-order valence-corrected chi connectivity index (χ4v) is 4.36. The summed E-state index contributed by atoms with van der Waals surface area (Å²) in [6.07, 6.45) is 3.58. The maximum absolute atomic E-state index is 13.1. The van der Waals surface area contributed by atoms with Crippen LogP contribution in [0.2, 0.25) is 0 Å². The number of esters is 1. The van der Waals surface area contributed by atoms with E-state index in [-0.39, 0.29) is 42.4 Å². The highest BCUT2D eigenvalue weighted by atomic mass is 19.1. The molecule has 194 valence electrons. The third kappa shape index (κ3) is 6.21. The van der Waals surface area contributed by atoms with Crippen LogP contribution in [-0.4, -0.2) is 43.7 Å². The van der Waals surface area contributed by atoms with Gasteiger partial charge >= 0.3 is 5.97 Å².